The largest absolute Gasteiger partial charge is 0.462 e. The highest BCUT2D eigenvalue weighted by Gasteiger charge is 2.48. The summed E-state index contributed by atoms with van der Waals surface area (Å²) >= 11 is 0. The summed E-state index contributed by atoms with van der Waals surface area (Å²) in [6.45, 7) is 13.0. The summed E-state index contributed by atoms with van der Waals surface area (Å²) in [6.07, 6.45) is 2.26. The normalized spacial score (nSPS) is 26.2. The van der Waals surface area contributed by atoms with Crippen molar-refractivity contribution in [3.05, 3.63) is 11.6 Å². The van der Waals surface area contributed by atoms with Crippen LogP contribution in [0.25, 0.3) is 0 Å². The van der Waals surface area contributed by atoms with Gasteiger partial charge in [-0.2, -0.15) is 0 Å². The zero-order valence-corrected chi connectivity index (χ0v) is 18.5. The second kappa shape index (κ2) is 8.28. The van der Waals surface area contributed by atoms with E-state index >= 15 is 0 Å². The van der Waals surface area contributed by atoms with Crippen LogP contribution in [0.2, 0.25) is 0 Å². The molecule has 0 aromatic rings. The van der Waals surface area contributed by atoms with E-state index in [1.54, 1.807) is 0 Å². The number of β-lactam (4-membered cyclic amide) rings is 1. The van der Waals surface area contributed by atoms with Crippen molar-refractivity contribution in [1.82, 2.24) is 4.90 Å². The maximum Gasteiger partial charge on any atom is 0.316 e. The van der Waals surface area contributed by atoms with Gasteiger partial charge in [0.15, 0.2) is 6.23 Å². The standard InChI is InChI=1S/C22H33NO6/c1-13(2)12-22(7,21(4,5)6)20(27)29-16-9-8-15(10-16)19(26)23-17(25)11-18(23)28-14(3)24/h12,15-16,18H,8-11H2,1-7H3. The number of ether oxygens (including phenoxy) is 2. The number of likely N-dealkylation sites (tertiary alicyclic amines) is 1. The van der Waals surface area contributed by atoms with E-state index in [0.717, 1.165) is 10.5 Å². The number of hydrogen-bond donors (Lipinski definition) is 0. The van der Waals surface area contributed by atoms with Gasteiger partial charge in [0, 0.05) is 12.8 Å². The van der Waals surface area contributed by atoms with Crippen molar-refractivity contribution in [3.8, 4) is 0 Å². The molecule has 4 unspecified atom stereocenters. The lowest BCUT2D eigenvalue weighted by molar-refractivity contribution is -0.188. The summed E-state index contributed by atoms with van der Waals surface area (Å²) in [4.78, 5) is 49.8. The zero-order valence-electron chi connectivity index (χ0n) is 18.5. The minimum atomic E-state index is -0.809. The van der Waals surface area contributed by atoms with E-state index in [9.17, 15) is 19.2 Å². The van der Waals surface area contributed by atoms with Crippen LogP contribution in [0.4, 0.5) is 0 Å². The van der Waals surface area contributed by atoms with Gasteiger partial charge in [-0.1, -0.05) is 32.4 Å². The summed E-state index contributed by atoms with van der Waals surface area (Å²) in [6, 6.07) is 0. The third kappa shape index (κ3) is 4.87. The molecule has 2 fully saturated rings. The van der Waals surface area contributed by atoms with E-state index in [-0.39, 0.29) is 35.7 Å². The third-order valence-electron chi connectivity index (χ3n) is 6.01. The molecule has 4 atom stereocenters. The van der Waals surface area contributed by atoms with Gasteiger partial charge in [0.1, 0.15) is 6.10 Å². The molecule has 0 aromatic carbocycles. The molecule has 1 saturated heterocycles. The molecule has 1 aliphatic carbocycles. The number of hydrogen-bond acceptors (Lipinski definition) is 6. The molecule has 1 aliphatic heterocycles. The molecule has 162 valence electrons. The van der Waals surface area contributed by atoms with Crippen LogP contribution in [0.5, 0.6) is 0 Å². The van der Waals surface area contributed by atoms with Crippen LogP contribution in [-0.4, -0.2) is 41.0 Å². The number of imide groups is 1. The second-order valence-electron chi connectivity index (χ2n) is 9.58. The summed E-state index contributed by atoms with van der Waals surface area (Å²) in [5, 5.41) is 0. The van der Waals surface area contributed by atoms with Crippen molar-refractivity contribution < 1.29 is 28.7 Å². The Morgan fingerprint density at radius 3 is 2.14 bits per heavy atom. The molecule has 0 bridgehead atoms. The summed E-state index contributed by atoms with van der Waals surface area (Å²) in [7, 11) is 0. The first-order valence-corrected chi connectivity index (χ1v) is 10.2. The van der Waals surface area contributed by atoms with Crippen LogP contribution in [0.3, 0.4) is 0 Å². The van der Waals surface area contributed by atoms with Crippen LogP contribution >= 0.6 is 0 Å². The Morgan fingerprint density at radius 1 is 1.03 bits per heavy atom. The molecule has 1 saturated carbocycles. The van der Waals surface area contributed by atoms with E-state index in [1.807, 2.05) is 47.6 Å². The first-order valence-electron chi connectivity index (χ1n) is 10.2. The van der Waals surface area contributed by atoms with Gasteiger partial charge in [0.05, 0.1) is 11.8 Å². The number of esters is 2. The minimum absolute atomic E-state index is 0.0308. The van der Waals surface area contributed by atoms with Crippen LogP contribution in [0, 0.1) is 16.7 Å². The molecular formula is C22H33NO6. The maximum atomic E-state index is 13.0. The van der Waals surface area contributed by atoms with Crippen molar-refractivity contribution in [2.75, 3.05) is 0 Å². The molecule has 0 N–H and O–H groups in total. The van der Waals surface area contributed by atoms with Gasteiger partial charge >= 0.3 is 11.9 Å². The Bertz CT molecular complexity index is 730. The van der Waals surface area contributed by atoms with Crippen molar-refractivity contribution in [1.29, 1.82) is 0 Å². The molecule has 1 heterocycles. The number of nitrogens with zero attached hydrogens (tertiary/aromatic N) is 1. The van der Waals surface area contributed by atoms with Gasteiger partial charge < -0.3 is 9.47 Å². The topological polar surface area (TPSA) is 90.0 Å². The average Bonchev–Trinajstić information content (AvgIpc) is 3.00. The fraction of sp³-hybridized carbons (Fsp3) is 0.727. The number of rotatable bonds is 5. The molecule has 0 radical (unpaired) electrons. The lowest BCUT2D eigenvalue weighted by Crippen LogP contribution is -2.58. The van der Waals surface area contributed by atoms with E-state index in [2.05, 4.69) is 0 Å². The predicted molar refractivity (Wildman–Crippen MR) is 106 cm³/mol. The maximum absolute atomic E-state index is 13.0. The highest BCUT2D eigenvalue weighted by Crippen LogP contribution is 2.43. The van der Waals surface area contributed by atoms with Crippen molar-refractivity contribution in [2.45, 2.75) is 86.5 Å². The first-order chi connectivity index (χ1) is 13.3. The van der Waals surface area contributed by atoms with E-state index in [1.165, 1.54) is 6.92 Å². The number of amides is 2. The van der Waals surface area contributed by atoms with Gasteiger partial charge in [0.25, 0.3) is 0 Å². The Labute approximate surface area is 172 Å². The van der Waals surface area contributed by atoms with Crippen LogP contribution in [-0.2, 0) is 28.7 Å². The Morgan fingerprint density at radius 2 is 1.66 bits per heavy atom. The van der Waals surface area contributed by atoms with Crippen LogP contribution in [0.1, 0.15) is 74.1 Å². The second-order valence-corrected chi connectivity index (χ2v) is 9.58. The molecule has 7 heteroatoms. The smallest absolute Gasteiger partial charge is 0.316 e. The quantitative estimate of drug-likeness (QED) is 0.300. The van der Waals surface area contributed by atoms with Gasteiger partial charge in [-0.05, 0) is 45.4 Å². The molecule has 2 aliphatic rings. The van der Waals surface area contributed by atoms with Gasteiger partial charge in [-0.15, -0.1) is 0 Å². The monoisotopic (exact) mass is 407 g/mol. The highest BCUT2D eigenvalue weighted by molar-refractivity contribution is 6.01. The predicted octanol–water partition coefficient (Wildman–Crippen LogP) is 3.37. The van der Waals surface area contributed by atoms with E-state index in [4.69, 9.17) is 9.47 Å². The Kier molecular flexibility index (Phi) is 6.60. The number of carbonyl (C=O) groups excluding carboxylic acids is 4. The summed E-state index contributed by atoms with van der Waals surface area (Å²) in [5.41, 5.74) is -0.0928. The van der Waals surface area contributed by atoms with Crippen LogP contribution in [0.15, 0.2) is 11.6 Å². The minimum Gasteiger partial charge on any atom is -0.462 e. The zero-order chi connectivity index (χ0) is 22.1. The fourth-order valence-electron chi connectivity index (χ4n) is 3.84. The SMILES string of the molecule is CC(=O)OC1CC(=O)N1C(=O)C1CCC(OC(=O)C(C)(C=C(C)C)C(C)(C)C)C1. The van der Waals surface area contributed by atoms with Gasteiger partial charge in [-0.25, -0.2) is 4.90 Å². The fourth-order valence-corrected chi connectivity index (χ4v) is 3.84. The van der Waals surface area contributed by atoms with Gasteiger partial charge in [-0.3, -0.25) is 19.2 Å². The Balaban J connectivity index is 2.03. The van der Waals surface area contributed by atoms with Crippen molar-refractivity contribution >= 4 is 23.8 Å². The van der Waals surface area contributed by atoms with E-state index in [0.29, 0.717) is 19.3 Å². The Hall–Kier alpha value is -2.18. The van der Waals surface area contributed by atoms with Crippen molar-refractivity contribution in [3.63, 3.8) is 0 Å². The van der Waals surface area contributed by atoms with Crippen molar-refractivity contribution in [2.24, 2.45) is 16.7 Å². The number of allylic oxidation sites excluding steroid dienone is 1. The van der Waals surface area contributed by atoms with Crippen LogP contribution < -0.4 is 0 Å². The molecule has 2 amide bonds. The average molecular weight is 408 g/mol. The third-order valence-corrected chi connectivity index (χ3v) is 6.01. The highest BCUT2D eigenvalue weighted by atomic mass is 16.6. The molecular weight excluding hydrogens is 374 g/mol. The number of carbonyl (C=O) groups is 4. The molecule has 0 spiro atoms. The summed E-state index contributed by atoms with van der Waals surface area (Å²) in [5.74, 6) is -1.94. The molecule has 0 aromatic heterocycles. The lowest BCUT2D eigenvalue weighted by Gasteiger charge is -2.39. The molecule has 7 nitrogen and oxygen atoms in total. The molecule has 2 rings (SSSR count). The lowest BCUT2D eigenvalue weighted by atomic mass is 9.67. The first kappa shape index (κ1) is 23.1. The molecule has 29 heavy (non-hydrogen) atoms. The summed E-state index contributed by atoms with van der Waals surface area (Å²) < 4.78 is 10.8. The van der Waals surface area contributed by atoms with E-state index < -0.39 is 23.5 Å². The van der Waals surface area contributed by atoms with Gasteiger partial charge in [0.2, 0.25) is 11.8 Å².